The van der Waals surface area contributed by atoms with Gasteiger partial charge in [-0.05, 0) is 24.3 Å². The molecule has 3 saturated heterocycles. The molecular weight excluding hydrogens is 382 g/mol. The fraction of sp³-hybridized carbons (Fsp3) is 0.600. The molecule has 0 N–H and O–H groups in total. The molecule has 4 rings (SSSR count). The summed E-state index contributed by atoms with van der Waals surface area (Å²) in [5.74, 6) is -0.296. The van der Waals surface area contributed by atoms with Crippen molar-refractivity contribution in [2.45, 2.75) is 18.6 Å². The van der Waals surface area contributed by atoms with Crippen LogP contribution in [0.15, 0.2) is 24.3 Å². The number of piperazine rings is 1. The Morgan fingerprint density at radius 1 is 0.893 bits per heavy atom. The molecule has 3 aliphatic heterocycles. The zero-order chi connectivity index (χ0) is 19.6. The standard InChI is InChI=1S/C20H26ClN3O4/c21-17-3-1-16(2-4-17)19(26)24-11-9-22(10-12-24)15-18(25)23-7-5-20(6-8-23)27-13-14-28-20/h1-4H,5-15H2. The lowest BCUT2D eigenvalue weighted by Gasteiger charge is -2.39. The van der Waals surface area contributed by atoms with Gasteiger partial charge in [-0.1, -0.05) is 11.6 Å². The van der Waals surface area contributed by atoms with Crippen molar-refractivity contribution in [3.63, 3.8) is 0 Å². The van der Waals surface area contributed by atoms with E-state index >= 15 is 0 Å². The third-order valence-corrected chi connectivity index (χ3v) is 6.05. The lowest BCUT2D eigenvalue weighted by Crippen LogP contribution is -2.53. The van der Waals surface area contributed by atoms with Gasteiger partial charge in [-0.25, -0.2) is 0 Å². The van der Waals surface area contributed by atoms with E-state index in [9.17, 15) is 9.59 Å². The van der Waals surface area contributed by atoms with E-state index in [1.165, 1.54) is 0 Å². The summed E-state index contributed by atoms with van der Waals surface area (Å²) in [5.41, 5.74) is 0.646. The highest BCUT2D eigenvalue weighted by Gasteiger charge is 2.40. The smallest absolute Gasteiger partial charge is 0.253 e. The Morgan fingerprint density at radius 2 is 1.50 bits per heavy atom. The number of carbonyl (C=O) groups is 2. The number of carbonyl (C=O) groups excluding carboxylic acids is 2. The van der Waals surface area contributed by atoms with Crippen LogP contribution in [0.2, 0.25) is 5.02 Å². The van der Waals surface area contributed by atoms with Crippen LogP contribution in [0.3, 0.4) is 0 Å². The second kappa shape index (κ2) is 8.37. The third-order valence-electron chi connectivity index (χ3n) is 5.80. The van der Waals surface area contributed by atoms with Gasteiger partial charge in [0.25, 0.3) is 5.91 Å². The van der Waals surface area contributed by atoms with Crippen LogP contribution < -0.4 is 0 Å². The first-order chi connectivity index (χ1) is 13.5. The van der Waals surface area contributed by atoms with Crippen molar-refractivity contribution in [3.8, 4) is 0 Å². The molecule has 0 bridgehead atoms. The summed E-state index contributed by atoms with van der Waals surface area (Å²) in [6.07, 6.45) is 1.48. The number of benzene rings is 1. The van der Waals surface area contributed by atoms with E-state index in [1.807, 2.05) is 9.80 Å². The van der Waals surface area contributed by atoms with Crippen molar-refractivity contribution in [2.24, 2.45) is 0 Å². The summed E-state index contributed by atoms with van der Waals surface area (Å²) in [4.78, 5) is 31.1. The molecule has 3 aliphatic rings. The second-order valence-corrected chi connectivity index (χ2v) is 8.00. The van der Waals surface area contributed by atoms with Crippen molar-refractivity contribution in [1.82, 2.24) is 14.7 Å². The number of ether oxygens (including phenoxy) is 2. The van der Waals surface area contributed by atoms with Gasteiger partial charge in [-0.2, -0.15) is 0 Å². The summed E-state index contributed by atoms with van der Waals surface area (Å²) in [7, 11) is 0. The van der Waals surface area contributed by atoms with Crippen molar-refractivity contribution in [1.29, 1.82) is 0 Å². The molecule has 7 nitrogen and oxygen atoms in total. The fourth-order valence-electron chi connectivity index (χ4n) is 4.06. The Morgan fingerprint density at radius 3 is 2.11 bits per heavy atom. The van der Waals surface area contributed by atoms with Crippen molar-refractivity contribution in [2.75, 3.05) is 59.0 Å². The zero-order valence-electron chi connectivity index (χ0n) is 15.9. The van der Waals surface area contributed by atoms with Crippen molar-refractivity contribution < 1.29 is 19.1 Å². The van der Waals surface area contributed by atoms with Gasteiger partial charge in [0.05, 0.1) is 19.8 Å². The molecule has 3 heterocycles. The van der Waals surface area contributed by atoms with E-state index in [0.29, 0.717) is 69.6 Å². The quantitative estimate of drug-likeness (QED) is 0.759. The molecule has 1 aromatic rings. The number of hydrogen-bond donors (Lipinski definition) is 0. The van der Waals surface area contributed by atoms with Gasteiger partial charge in [-0.3, -0.25) is 14.5 Å². The normalized spacial score (nSPS) is 22.6. The van der Waals surface area contributed by atoms with E-state index in [1.54, 1.807) is 24.3 Å². The Kier molecular flexibility index (Phi) is 5.87. The van der Waals surface area contributed by atoms with Crippen LogP contribution in [-0.2, 0) is 14.3 Å². The van der Waals surface area contributed by atoms with Gasteiger partial charge in [-0.15, -0.1) is 0 Å². The SMILES string of the molecule is O=C(CN1CCN(C(=O)c2ccc(Cl)cc2)CC1)N1CCC2(CC1)OCCO2. The predicted molar refractivity (Wildman–Crippen MR) is 104 cm³/mol. The molecule has 0 aromatic heterocycles. The number of amides is 2. The summed E-state index contributed by atoms with van der Waals surface area (Å²) in [6.45, 7) is 5.70. The van der Waals surface area contributed by atoms with E-state index in [2.05, 4.69) is 4.90 Å². The first-order valence-electron chi connectivity index (χ1n) is 9.88. The van der Waals surface area contributed by atoms with Gasteiger partial charge >= 0.3 is 0 Å². The number of rotatable bonds is 3. The maximum atomic E-state index is 12.6. The highest BCUT2D eigenvalue weighted by Crippen LogP contribution is 2.31. The molecule has 0 unspecified atom stereocenters. The monoisotopic (exact) mass is 407 g/mol. The summed E-state index contributed by atoms with van der Waals surface area (Å²) in [6, 6.07) is 6.96. The highest BCUT2D eigenvalue weighted by molar-refractivity contribution is 6.30. The molecule has 0 radical (unpaired) electrons. The van der Waals surface area contributed by atoms with Crippen molar-refractivity contribution in [3.05, 3.63) is 34.9 Å². The molecule has 0 atom stereocenters. The minimum absolute atomic E-state index is 0.0144. The van der Waals surface area contributed by atoms with E-state index in [0.717, 1.165) is 12.8 Å². The molecule has 1 spiro atoms. The van der Waals surface area contributed by atoms with Crippen LogP contribution in [-0.4, -0.2) is 91.3 Å². The second-order valence-electron chi connectivity index (χ2n) is 7.56. The minimum atomic E-state index is -0.454. The highest BCUT2D eigenvalue weighted by atomic mass is 35.5. The van der Waals surface area contributed by atoms with E-state index < -0.39 is 5.79 Å². The van der Waals surface area contributed by atoms with Gasteiger partial charge in [0, 0.05) is 62.7 Å². The van der Waals surface area contributed by atoms with Crippen molar-refractivity contribution >= 4 is 23.4 Å². The van der Waals surface area contributed by atoms with E-state index in [4.69, 9.17) is 21.1 Å². The average molecular weight is 408 g/mol. The fourth-order valence-corrected chi connectivity index (χ4v) is 4.18. The first-order valence-corrected chi connectivity index (χ1v) is 10.3. The first kappa shape index (κ1) is 19.6. The zero-order valence-corrected chi connectivity index (χ0v) is 16.7. The van der Waals surface area contributed by atoms with Crippen LogP contribution in [0, 0.1) is 0 Å². The van der Waals surface area contributed by atoms with Gasteiger partial charge < -0.3 is 19.3 Å². The number of hydrogen-bond acceptors (Lipinski definition) is 5. The largest absolute Gasteiger partial charge is 0.347 e. The summed E-state index contributed by atoms with van der Waals surface area (Å²) < 4.78 is 11.4. The molecule has 28 heavy (non-hydrogen) atoms. The maximum absolute atomic E-state index is 12.6. The Bertz CT molecular complexity index is 703. The maximum Gasteiger partial charge on any atom is 0.253 e. The number of nitrogens with zero attached hydrogens (tertiary/aromatic N) is 3. The third kappa shape index (κ3) is 4.33. The topological polar surface area (TPSA) is 62.3 Å². The average Bonchev–Trinajstić information content (AvgIpc) is 3.17. The Balaban J connectivity index is 1.22. The molecule has 3 fully saturated rings. The summed E-state index contributed by atoms with van der Waals surface area (Å²) >= 11 is 5.89. The van der Waals surface area contributed by atoms with Crippen LogP contribution >= 0.6 is 11.6 Å². The number of likely N-dealkylation sites (tertiary alicyclic amines) is 1. The van der Waals surface area contributed by atoms with Gasteiger partial charge in [0.1, 0.15) is 0 Å². The molecule has 8 heteroatoms. The van der Waals surface area contributed by atoms with E-state index in [-0.39, 0.29) is 11.8 Å². The molecule has 152 valence electrons. The van der Waals surface area contributed by atoms with Crippen LogP contribution in [0.25, 0.3) is 0 Å². The predicted octanol–water partition coefficient (Wildman–Crippen LogP) is 1.46. The lowest BCUT2D eigenvalue weighted by molar-refractivity contribution is -0.187. The van der Waals surface area contributed by atoms with Crippen LogP contribution in [0.5, 0.6) is 0 Å². The van der Waals surface area contributed by atoms with Crippen LogP contribution in [0.1, 0.15) is 23.2 Å². The minimum Gasteiger partial charge on any atom is -0.347 e. The number of halogens is 1. The summed E-state index contributed by atoms with van der Waals surface area (Å²) in [5, 5.41) is 0.620. The molecule has 0 aliphatic carbocycles. The Hall–Kier alpha value is -1.67. The molecule has 1 aromatic carbocycles. The van der Waals surface area contributed by atoms with Crippen LogP contribution in [0.4, 0.5) is 0 Å². The lowest BCUT2D eigenvalue weighted by atomic mass is 10.0. The molecule has 2 amide bonds. The van der Waals surface area contributed by atoms with Gasteiger partial charge in [0.2, 0.25) is 5.91 Å². The van der Waals surface area contributed by atoms with Gasteiger partial charge in [0.15, 0.2) is 5.79 Å². The Labute approximate surface area is 170 Å². The number of piperidine rings is 1. The molecule has 0 saturated carbocycles. The molecular formula is C20H26ClN3O4.